The molecule has 0 spiro atoms. The highest BCUT2D eigenvalue weighted by atomic mass is 35.5. The second kappa shape index (κ2) is 6.46. The topological polar surface area (TPSA) is 49.8 Å². The quantitative estimate of drug-likeness (QED) is 0.877. The average Bonchev–Trinajstić information content (AvgIpc) is 2.82. The lowest BCUT2D eigenvalue weighted by Gasteiger charge is -2.27. The van der Waals surface area contributed by atoms with E-state index in [9.17, 15) is 4.79 Å². The van der Waals surface area contributed by atoms with E-state index in [0.717, 1.165) is 29.8 Å². The molecule has 0 amide bonds. The number of halogens is 1. The molecule has 0 bridgehead atoms. The van der Waals surface area contributed by atoms with E-state index in [1.165, 1.54) is 0 Å². The van der Waals surface area contributed by atoms with Crippen LogP contribution in [0, 0.1) is 0 Å². The number of benzene rings is 1. The van der Waals surface area contributed by atoms with Crippen LogP contribution < -0.4 is 4.74 Å². The minimum absolute atomic E-state index is 0.0199. The molecule has 2 rings (SSSR count). The highest BCUT2D eigenvalue weighted by Crippen LogP contribution is 2.33. The third-order valence-corrected chi connectivity index (χ3v) is 3.92. The van der Waals surface area contributed by atoms with Gasteiger partial charge in [-0.25, -0.2) is 0 Å². The number of fused-ring (bicyclic) bond motifs is 1. The Morgan fingerprint density at radius 3 is 2.95 bits per heavy atom. The molecule has 20 heavy (non-hydrogen) atoms. The summed E-state index contributed by atoms with van der Waals surface area (Å²) in [6.07, 6.45) is 1.02. The molecular weight excluding hydrogens is 278 g/mol. The molecule has 1 unspecified atom stereocenters. The molecule has 0 fully saturated rings. The second-order valence-corrected chi connectivity index (χ2v) is 5.60. The third kappa shape index (κ3) is 3.44. The van der Waals surface area contributed by atoms with Gasteiger partial charge in [-0.3, -0.25) is 9.69 Å². The fourth-order valence-corrected chi connectivity index (χ4v) is 2.91. The van der Waals surface area contributed by atoms with Crippen molar-refractivity contribution in [2.45, 2.75) is 39.3 Å². The van der Waals surface area contributed by atoms with E-state index in [2.05, 4.69) is 4.90 Å². The van der Waals surface area contributed by atoms with E-state index >= 15 is 0 Å². The van der Waals surface area contributed by atoms with Crippen molar-refractivity contribution >= 4 is 17.6 Å². The van der Waals surface area contributed by atoms with E-state index in [0.29, 0.717) is 18.2 Å². The Balaban J connectivity index is 2.17. The first kappa shape index (κ1) is 15.1. The van der Waals surface area contributed by atoms with Crippen molar-refractivity contribution < 1.29 is 14.6 Å². The molecule has 5 heteroatoms. The van der Waals surface area contributed by atoms with Gasteiger partial charge in [-0.1, -0.05) is 18.5 Å². The number of aliphatic carboxylic acids is 1. The van der Waals surface area contributed by atoms with Crippen molar-refractivity contribution in [3.63, 3.8) is 0 Å². The molecule has 1 atom stereocenters. The maximum Gasteiger partial charge on any atom is 0.304 e. The SMILES string of the molecule is CCN(Cc1cc(Cl)cc2c1OCC2)C(C)CC(=O)O. The Labute approximate surface area is 124 Å². The minimum Gasteiger partial charge on any atom is -0.493 e. The summed E-state index contributed by atoms with van der Waals surface area (Å²) in [6.45, 7) is 6.11. The van der Waals surface area contributed by atoms with Crippen LogP contribution in [0.25, 0.3) is 0 Å². The minimum atomic E-state index is -0.775. The number of carboxylic acid groups (broad SMARTS) is 1. The molecule has 0 saturated carbocycles. The molecule has 1 aliphatic rings. The van der Waals surface area contributed by atoms with Crippen LogP contribution in [-0.2, 0) is 17.8 Å². The fraction of sp³-hybridized carbons (Fsp3) is 0.533. The lowest BCUT2D eigenvalue weighted by Crippen LogP contribution is -2.34. The van der Waals surface area contributed by atoms with Crippen LogP contribution >= 0.6 is 11.6 Å². The lowest BCUT2D eigenvalue weighted by atomic mass is 10.1. The van der Waals surface area contributed by atoms with Crippen molar-refractivity contribution in [2.75, 3.05) is 13.2 Å². The summed E-state index contributed by atoms with van der Waals surface area (Å²) >= 11 is 6.15. The van der Waals surface area contributed by atoms with Crippen LogP contribution in [-0.4, -0.2) is 35.2 Å². The molecule has 0 saturated heterocycles. The third-order valence-electron chi connectivity index (χ3n) is 3.70. The Bertz CT molecular complexity index is 504. The van der Waals surface area contributed by atoms with Crippen molar-refractivity contribution in [3.8, 4) is 5.75 Å². The van der Waals surface area contributed by atoms with Gasteiger partial charge in [0.25, 0.3) is 0 Å². The van der Waals surface area contributed by atoms with Crippen molar-refractivity contribution in [2.24, 2.45) is 0 Å². The number of ether oxygens (including phenoxy) is 1. The molecule has 110 valence electrons. The van der Waals surface area contributed by atoms with Crippen molar-refractivity contribution in [1.82, 2.24) is 4.90 Å². The number of carbonyl (C=O) groups is 1. The predicted octanol–water partition coefficient (Wildman–Crippen LogP) is 2.96. The van der Waals surface area contributed by atoms with E-state index in [-0.39, 0.29) is 12.5 Å². The van der Waals surface area contributed by atoms with Crippen LogP contribution in [0.4, 0.5) is 0 Å². The van der Waals surface area contributed by atoms with Gasteiger partial charge in [-0.15, -0.1) is 0 Å². The molecule has 0 aromatic heterocycles. The normalized spacial score (nSPS) is 15.0. The summed E-state index contributed by atoms with van der Waals surface area (Å²) in [7, 11) is 0. The molecule has 0 aliphatic carbocycles. The largest absolute Gasteiger partial charge is 0.493 e. The fourth-order valence-electron chi connectivity index (χ4n) is 2.64. The van der Waals surface area contributed by atoms with Crippen LogP contribution in [0.1, 0.15) is 31.4 Å². The number of hydrogen-bond acceptors (Lipinski definition) is 3. The number of nitrogens with zero attached hydrogens (tertiary/aromatic N) is 1. The van der Waals surface area contributed by atoms with Crippen molar-refractivity contribution in [1.29, 1.82) is 0 Å². The van der Waals surface area contributed by atoms with E-state index in [1.54, 1.807) is 0 Å². The van der Waals surface area contributed by atoms with Gasteiger partial charge >= 0.3 is 5.97 Å². The summed E-state index contributed by atoms with van der Waals surface area (Å²) in [5.74, 6) is 0.152. The van der Waals surface area contributed by atoms with Gasteiger partial charge in [-0.2, -0.15) is 0 Å². The summed E-state index contributed by atoms with van der Waals surface area (Å²) in [6, 6.07) is 3.85. The van der Waals surface area contributed by atoms with Gasteiger partial charge in [0.2, 0.25) is 0 Å². The van der Waals surface area contributed by atoms with E-state index < -0.39 is 5.97 Å². The van der Waals surface area contributed by atoms with Gasteiger partial charge in [0.05, 0.1) is 13.0 Å². The van der Waals surface area contributed by atoms with E-state index in [1.807, 2.05) is 26.0 Å². The molecule has 1 aromatic carbocycles. The van der Waals surface area contributed by atoms with Gasteiger partial charge in [-0.05, 0) is 31.2 Å². The Morgan fingerprint density at radius 2 is 2.30 bits per heavy atom. The molecule has 1 aromatic rings. The summed E-state index contributed by atoms with van der Waals surface area (Å²) < 4.78 is 5.69. The zero-order valence-corrected chi connectivity index (χ0v) is 12.6. The van der Waals surface area contributed by atoms with Crippen LogP contribution in [0.15, 0.2) is 12.1 Å². The number of hydrogen-bond donors (Lipinski definition) is 1. The Morgan fingerprint density at radius 1 is 1.55 bits per heavy atom. The molecule has 4 nitrogen and oxygen atoms in total. The zero-order chi connectivity index (χ0) is 14.7. The first-order valence-corrected chi connectivity index (χ1v) is 7.29. The lowest BCUT2D eigenvalue weighted by molar-refractivity contribution is -0.138. The van der Waals surface area contributed by atoms with Crippen LogP contribution in [0.5, 0.6) is 5.75 Å². The standard InChI is InChI=1S/C15H20ClNO3/c1-3-17(10(2)6-14(18)19)9-12-8-13(16)7-11-4-5-20-15(11)12/h7-8,10H,3-6,9H2,1-2H3,(H,18,19). The molecule has 1 N–H and O–H groups in total. The van der Waals surface area contributed by atoms with Crippen molar-refractivity contribution in [3.05, 3.63) is 28.3 Å². The molecular formula is C15H20ClNO3. The highest BCUT2D eigenvalue weighted by molar-refractivity contribution is 6.30. The first-order chi connectivity index (χ1) is 9.51. The van der Waals surface area contributed by atoms with Gasteiger partial charge in [0.1, 0.15) is 5.75 Å². The number of rotatable bonds is 6. The maximum atomic E-state index is 10.9. The smallest absolute Gasteiger partial charge is 0.304 e. The molecule has 1 aliphatic heterocycles. The predicted molar refractivity (Wildman–Crippen MR) is 78.4 cm³/mol. The number of carboxylic acids is 1. The summed E-state index contributed by atoms with van der Waals surface area (Å²) in [5.41, 5.74) is 2.19. The Kier molecular flexibility index (Phi) is 4.89. The van der Waals surface area contributed by atoms with Crippen LogP contribution in [0.2, 0.25) is 5.02 Å². The summed E-state index contributed by atoms with van der Waals surface area (Å²) in [5, 5.41) is 9.63. The highest BCUT2D eigenvalue weighted by Gasteiger charge is 2.21. The van der Waals surface area contributed by atoms with E-state index in [4.69, 9.17) is 21.4 Å². The molecule has 0 radical (unpaired) electrons. The second-order valence-electron chi connectivity index (χ2n) is 5.16. The van der Waals surface area contributed by atoms with Gasteiger partial charge < -0.3 is 9.84 Å². The first-order valence-electron chi connectivity index (χ1n) is 6.91. The average molecular weight is 298 g/mol. The molecule has 1 heterocycles. The van der Waals surface area contributed by atoms with Gasteiger partial charge in [0, 0.05) is 29.6 Å². The Hall–Kier alpha value is -1.26. The van der Waals surface area contributed by atoms with Gasteiger partial charge in [0.15, 0.2) is 0 Å². The zero-order valence-electron chi connectivity index (χ0n) is 11.9. The monoisotopic (exact) mass is 297 g/mol. The summed E-state index contributed by atoms with van der Waals surface area (Å²) in [4.78, 5) is 13.0. The van der Waals surface area contributed by atoms with Crippen LogP contribution in [0.3, 0.4) is 0 Å². The maximum absolute atomic E-state index is 10.9.